The van der Waals surface area contributed by atoms with Crippen LogP contribution in [0.5, 0.6) is 5.75 Å². The zero-order valence-electron chi connectivity index (χ0n) is 17.4. The van der Waals surface area contributed by atoms with Crippen molar-refractivity contribution in [3.63, 3.8) is 0 Å². The summed E-state index contributed by atoms with van der Waals surface area (Å²) in [6.07, 6.45) is 7.39. The summed E-state index contributed by atoms with van der Waals surface area (Å²) in [6, 6.07) is 9.73. The highest BCUT2D eigenvalue weighted by atomic mass is 79.9. The highest BCUT2D eigenvalue weighted by Gasteiger charge is 2.60. The first-order valence-corrected chi connectivity index (χ1v) is 10.7. The van der Waals surface area contributed by atoms with Gasteiger partial charge in [0.25, 0.3) is 0 Å². The summed E-state index contributed by atoms with van der Waals surface area (Å²) in [5.74, 6) is 1.82. The summed E-state index contributed by atoms with van der Waals surface area (Å²) in [4.78, 5) is 0. The minimum absolute atomic E-state index is 0.0128. The minimum Gasteiger partial charge on any atom is -0.462 e. The fourth-order valence-electron chi connectivity index (χ4n) is 4.29. The van der Waals surface area contributed by atoms with Gasteiger partial charge in [0, 0.05) is 17.8 Å². The minimum atomic E-state index is -0.898. The molecule has 1 saturated carbocycles. The Hall–Kier alpha value is -1.34. The molecule has 154 valence electrons. The number of para-hydroxylation sites is 1. The van der Waals surface area contributed by atoms with Gasteiger partial charge < -0.3 is 14.6 Å². The fourth-order valence-corrected chi connectivity index (χ4v) is 4.57. The van der Waals surface area contributed by atoms with Gasteiger partial charge in [-0.05, 0) is 36.6 Å². The van der Waals surface area contributed by atoms with Crippen LogP contribution in [0.3, 0.4) is 0 Å². The monoisotopic (exact) mass is 457 g/mol. The molecular weight excluding hydrogens is 429 g/mol. The van der Waals surface area contributed by atoms with Gasteiger partial charge in [-0.1, -0.05) is 77.5 Å². The zero-order valence-corrected chi connectivity index (χ0v) is 19.0. The van der Waals surface area contributed by atoms with Crippen LogP contribution in [0.25, 0.3) is 0 Å². The van der Waals surface area contributed by atoms with E-state index in [0.29, 0.717) is 10.8 Å². The number of hydrogen-bond donors (Lipinski definition) is 2. The molecule has 1 aromatic carbocycles. The van der Waals surface area contributed by atoms with Crippen LogP contribution >= 0.6 is 15.9 Å². The van der Waals surface area contributed by atoms with Gasteiger partial charge in [-0.25, -0.2) is 0 Å². The second-order valence-corrected chi connectivity index (χ2v) is 9.63. The molecule has 1 fully saturated rings. The smallest absolute Gasteiger partial charge is 0.160 e. The van der Waals surface area contributed by atoms with Gasteiger partial charge in [0.2, 0.25) is 0 Å². The quantitative estimate of drug-likeness (QED) is 0.446. The number of allylic oxidation sites excluding steroid dienone is 4. The Morgan fingerprint density at radius 1 is 1.31 bits per heavy atom. The zero-order chi connectivity index (χ0) is 21.2. The molecule has 1 aromatic rings. The highest BCUT2D eigenvalue weighted by molar-refractivity contribution is 9.12. The maximum absolute atomic E-state index is 10.8. The van der Waals surface area contributed by atoms with Gasteiger partial charge in [-0.2, -0.15) is 0 Å². The van der Waals surface area contributed by atoms with E-state index >= 15 is 0 Å². The summed E-state index contributed by atoms with van der Waals surface area (Å²) in [7, 11) is 7.62. The lowest BCUT2D eigenvalue weighted by atomic mass is 9.81. The Morgan fingerprint density at radius 2 is 2.00 bits per heavy atom. The molecule has 0 saturated heterocycles. The summed E-state index contributed by atoms with van der Waals surface area (Å²) in [6.45, 7) is 6.34. The number of benzene rings is 1. The number of hydrogen-bond acceptors (Lipinski definition) is 4. The molecule has 0 aromatic heterocycles. The second-order valence-electron chi connectivity index (χ2n) is 8.71. The van der Waals surface area contributed by atoms with Crippen LogP contribution < -0.4 is 10.1 Å². The molecule has 0 amide bonds. The topological polar surface area (TPSA) is 50.7 Å². The molecule has 3 rings (SSSR count). The van der Waals surface area contributed by atoms with Gasteiger partial charge in [-0.3, -0.25) is 5.32 Å². The maximum Gasteiger partial charge on any atom is 0.160 e. The van der Waals surface area contributed by atoms with Crippen LogP contribution in [0.15, 0.2) is 64.8 Å². The molecule has 2 aliphatic carbocycles. The summed E-state index contributed by atoms with van der Waals surface area (Å²) in [5, 5.41) is 14.1. The lowest BCUT2D eigenvalue weighted by Gasteiger charge is -2.38. The van der Waals surface area contributed by atoms with E-state index in [-0.39, 0.29) is 28.9 Å². The van der Waals surface area contributed by atoms with E-state index in [1.807, 2.05) is 55.6 Å². The van der Waals surface area contributed by atoms with Gasteiger partial charge in [0.1, 0.15) is 25.6 Å². The molecule has 4 nitrogen and oxygen atoms in total. The predicted molar refractivity (Wildman–Crippen MR) is 120 cm³/mol. The first-order valence-electron chi connectivity index (χ1n) is 9.92. The third-order valence-corrected chi connectivity index (χ3v) is 6.35. The molecule has 2 radical (unpaired) electrons. The Kier molecular flexibility index (Phi) is 6.79. The van der Waals surface area contributed by atoms with Crippen molar-refractivity contribution in [1.82, 2.24) is 5.32 Å². The van der Waals surface area contributed by atoms with Crippen molar-refractivity contribution >= 4 is 23.8 Å². The molecule has 0 bridgehead atoms. The molecule has 0 heterocycles. The van der Waals surface area contributed by atoms with Crippen LogP contribution in [-0.2, 0) is 4.74 Å². The molecule has 29 heavy (non-hydrogen) atoms. The van der Waals surface area contributed by atoms with Crippen molar-refractivity contribution in [3.05, 3.63) is 64.8 Å². The second kappa shape index (κ2) is 8.80. The normalized spacial score (nSPS) is 30.4. The van der Waals surface area contributed by atoms with Crippen molar-refractivity contribution in [2.45, 2.75) is 39.7 Å². The van der Waals surface area contributed by atoms with E-state index < -0.39 is 6.29 Å². The predicted octanol–water partition coefficient (Wildman–Crippen LogP) is 4.47. The van der Waals surface area contributed by atoms with Crippen LogP contribution in [0.1, 0.15) is 27.2 Å². The largest absolute Gasteiger partial charge is 0.462 e. The van der Waals surface area contributed by atoms with Crippen LogP contribution in [-0.4, -0.2) is 32.5 Å². The van der Waals surface area contributed by atoms with Crippen molar-refractivity contribution in [1.29, 1.82) is 0 Å². The van der Waals surface area contributed by atoms with Gasteiger partial charge in [0.15, 0.2) is 6.29 Å². The standard InChI is InChI=1S/C23H29BBrNO3/c1-22(2)17(13-18(24)25)19(22)20(27)29-21(26-4)23(3)12-8-11-16(14-23)28-15-9-6-5-7-10-15/h5-13,17,19-21,26-27H,14H2,1-4H3. The highest BCUT2D eigenvalue weighted by Crippen LogP contribution is 2.61. The fraction of sp³-hybridized carbons (Fsp3) is 0.478. The lowest BCUT2D eigenvalue weighted by molar-refractivity contribution is -0.185. The van der Waals surface area contributed by atoms with E-state index in [9.17, 15) is 5.11 Å². The summed E-state index contributed by atoms with van der Waals surface area (Å²) < 4.78 is 12.8. The van der Waals surface area contributed by atoms with Gasteiger partial charge in [-0.15, -0.1) is 0 Å². The van der Waals surface area contributed by atoms with Crippen molar-refractivity contribution in [3.8, 4) is 5.75 Å². The third kappa shape index (κ3) is 5.05. The first-order chi connectivity index (χ1) is 13.7. The SMILES string of the molecule is [B]C(Br)=CC1C(C(O)OC(NC)C2(C)C=CC=C(Oc3ccccc3)C2)C1(C)C. The summed E-state index contributed by atoms with van der Waals surface area (Å²) in [5.41, 5.74) is -0.436. The molecule has 2 aliphatic rings. The molecule has 0 spiro atoms. The number of nitrogens with one attached hydrogen (secondary N) is 1. The number of rotatable bonds is 8. The van der Waals surface area contributed by atoms with Crippen molar-refractivity contribution < 1.29 is 14.6 Å². The Balaban J connectivity index is 1.67. The van der Waals surface area contributed by atoms with E-state index in [1.54, 1.807) is 0 Å². The molecule has 6 heteroatoms. The van der Waals surface area contributed by atoms with E-state index in [4.69, 9.17) is 17.3 Å². The van der Waals surface area contributed by atoms with Crippen molar-refractivity contribution in [2.75, 3.05) is 7.05 Å². The van der Waals surface area contributed by atoms with Crippen LogP contribution in [0.2, 0.25) is 0 Å². The van der Waals surface area contributed by atoms with Crippen molar-refractivity contribution in [2.24, 2.45) is 22.7 Å². The average molecular weight is 458 g/mol. The van der Waals surface area contributed by atoms with E-state index in [1.165, 1.54) is 0 Å². The number of aliphatic hydroxyl groups is 1. The van der Waals surface area contributed by atoms with Gasteiger partial charge in [0.05, 0.1) is 0 Å². The Labute approximate surface area is 183 Å². The Morgan fingerprint density at radius 3 is 2.62 bits per heavy atom. The third-order valence-electron chi connectivity index (χ3n) is 6.09. The average Bonchev–Trinajstić information content (AvgIpc) is 3.19. The maximum atomic E-state index is 10.8. The summed E-state index contributed by atoms with van der Waals surface area (Å²) >= 11 is 3.29. The molecule has 5 atom stereocenters. The molecular formula is C23H29BBrNO3. The first kappa shape index (κ1) is 22.4. The molecule has 0 aliphatic heterocycles. The molecule has 2 N–H and O–H groups in total. The van der Waals surface area contributed by atoms with Crippen LogP contribution in [0, 0.1) is 22.7 Å². The van der Waals surface area contributed by atoms with Crippen LogP contribution in [0.4, 0.5) is 0 Å². The number of ether oxygens (including phenoxy) is 2. The Bertz CT molecular complexity index is 804. The number of halogens is 1. The molecule has 5 unspecified atom stereocenters. The number of aliphatic hydroxyl groups excluding tert-OH is 1. The van der Waals surface area contributed by atoms with E-state index in [2.05, 4.69) is 48.1 Å². The lowest BCUT2D eigenvalue weighted by Crippen LogP contribution is -2.46. The van der Waals surface area contributed by atoms with E-state index in [0.717, 1.165) is 11.5 Å². The van der Waals surface area contributed by atoms with Gasteiger partial charge >= 0.3 is 0 Å².